The second-order valence-electron chi connectivity index (χ2n) is 5.16. The van der Waals surface area contributed by atoms with Gasteiger partial charge in [-0.05, 0) is 19.1 Å². The minimum atomic E-state index is -3.67. The molecule has 110 valence electrons. The zero-order valence-corrected chi connectivity index (χ0v) is 12.2. The number of carboxylic acid groups (broad SMARTS) is 1. The van der Waals surface area contributed by atoms with E-state index in [1.54, 1.807) is 37.4 Å². The lowest BCUT2D eigenvalue weighted by Gasteiger charge is -2.35. The quantitative estimate of drug-likeness (QED) is 0.922. The second kappa shape index (κ2) is 4.78. The summed E-state index contributed by atoms with van der Waals surface area (Å²) in [6, 6.07) is 6.75. The maximum absolute atomic E-state index is 12.6. The molecule has 3 rings (SSSR count). The summed E-state index contributed by atoms with van der Waals surface area (Å²) in [5.74, 6) is -1.57. The number of hydrogen-bond acceptors (Lipinski definition) is 4. The molecule has 1 saturated heterocycles. The Morgan fingerprint density at radius 3 is 2.76 bits per heavy atom. The van der Waals surface area contributed by atoms with E-state index in [1.807, 2.05) is 0 Å². The third kappa shape index (κ3) is 2.28. The minimum absolute atomic E-state index is 0.0259. The molecule has 1 fully saturated rings. The summed E-state index contributed by atoms with van der Waals surface area (Å²) in [4.78, 5) is 15.2. The van der Waals surface area contributed by atoms with E-state index in [1.165, 1.54) is 4.31 Å². The van der Waals surface area contributed by atoms with Crippen molar-refractivity contribution < 1.29 is 18.3 Å². The van der Waals surface area contributed by atoms with Crippen LogP contribution in [0.15, 0.2) is 35.4 Å². The van der Waals surface area contributed by atoms with Gasteiger partial charge in [0.05, 0.1) is 10.8 Å². The van der Waals surface area contributed by atoms with Crippen LogP contribution in [0.5, 0.6) is 0 Å². The number of benzene rings is 1. The summed E-state index contributed by atoms with van der Waals surface area (Å²) >= 11 is 0. The van der Waals surface area contributed by atoms with Crippen molar-refractivity contribution in [2.75, 3.05) is 13.1 Å². The van der Waals surface area contributed by atoms with Gasteiger partial charge in [-0.2, -0.15) is 4.31 Å². The van der Waals surface area contributed by atoms with Crippen LogP contribution in [0.4, 0.5) is 0 Å². The van der Waals surface area contributed by atoms with Crippen LogP contribution < -0.4 is 0 Å². The summed E-state index contributed by atoms with van der Waals surface area (Å²) in [6.45, 7) is 1.85. The van der Waals surface area contributed by atoms with Gasteiger partial charge in [0.25, 0.3) is 0 Å². The second-order valence-corrected chi connectivity index (χ2v) is 7.07. The molecule has 0 atom stereocenters. The number of carbonyl (C=O) groups is 1. The van der Waals surface area contributed by atoms with Gasteiger partial charge in [-0.1, -0.05) is 12.1 Å². The number of aryl methyl sites for hydroxylation is 1. The van der Waals surface area contributed by atoms with Gasteiger partial charge in [0.15, 0.2) is 0 Å². The van der Waals surface area contributed by atoms with E-state index in [-0.39, 0.29) is 18.0 Å². The number of carboxylic acids is 1. The Labute approximate surface area is 122 Å². The monoisotopic (exact) mass is 306 g/mol. The van der Waals surface area contributed by atoms with Crippen molar-refractivity contribution in [2.45, 2.75) is 11.8 Å². The molecule has 2 heterocycles. The first-order chi connectivity index (χ1) is 9.89. The van der Waals surface area contributed by atoms with Gasteiger partial charge in [-0.15, -0.1) is 0 Å². The highest BCUT2D eigenvalue weighted by Gasteiger charge is 2.40. The third-order valence-electron chi connectivity index (χ3n) is 3.68. The van der Waals surface area contributed by atoms with Crippen LogP contribution in [0.2, 0.25) is 0 Å². The van der Waals surface area contributed by atoms with E-state index < -0.39 is 21.9 Å². The van der Waals surface area contributed by atoms with Crippen molar-refractivity contribution in [3.8, 4) is 0 Å². The SMILES string of the molecule is Cc1cc2c(S(=O)(=O)N3CC(C(=O)O)C3)cccc2cn1. The molecule has 1 aromatic carbocycles. The van der Waals surface area contributed by atoms with Crippen molar-refractivity contribution in [2.24, 2.45) is 5.92 Å². The maximum atomic E-state index is 12.6. The number of aliphatic carboxylic acids is 1. The first-order valence-electron chi connectivity index (χ1n) is 6.48. The van der Waals surface area contributed by atoms with Crippen molar-refractivity contribution in [3.05, 3.63) is 36.2 Å². The Morgan fingerprint density at radius 2 is 2.10 bits per heavy atom. The highest BCUT2D eigenvalue weighted by Crippen LogP contribution is 2.30. The molecule has 1 aromatic heterocycles. The standard InChI is InChI=1S/C14H14N2O4S/c1-9-5-12-10(6-15-9)3-2-4-13(12)21(19,20)16-7-11(8-16)14(17)18/h2-6,11H,7-8H2,1H3,(H,17,18). The van der Waals surface area contributed by atoms with Crippen molar-refractivity contribution in [1.82, 2.24) is 9.29 Å². The Balaban J connectivity index is 2.04. The van der Waals surface area contributed by atoms with Crippen molar-refractivity contribution >= 4 is 26.8 Å². The van der Waals surface area contributed by atoms with Gasteiger partial charge in [0.2, 0.25) is 10.0 Å². The van der Waals surface area contributed by atoms with Crippen LogP contribution in [0.3, 0.4) is 0 Å². The van der Waals surface area contributed by atoms with E-state index in [4.69, 9.17) is 5.11 Å². The summed E-state index contributed by atoms with van der Waals surface area (Å²) in [5.41, 5.74) is 0.733. The van der Waals surface area contributed by atoms with Crippen molar-refractivity contribution in [3.63, 3.8) is 0 Å². The molecule has 7 heteroatoms. The molecular weight excluding hydrogens is 292 g/mol. The average molecular weight is 306 g/mol. The van der Waals surface area contributed by atoms with Crippen LogP contribution in [0.25, 0.3) is 10.8 Å². The molecule has 0 spiro atoms. The minimum Gasteiger partial charge on any atom is -0.481 e. The normalized spacial score (nSPS) is 16.8. The van der Waals surface area contributed by atoms with Gasteiger partial charge < -0.3 is 5.11 Å². The zero-order chi connectivity index (χ0) is 15.2. The first-order valence-corrected chi connectivity index (χ1v) is 7.92. The van der Waals surface area contributed by atoms with Crippen LogP contribution in [-0.2, 0) is 14.8 Å². The van der Waals surface area contributed by atoms with Crippen molar-refractivity contribution in [1.29, 1.82) is 0 Å². The fraction of sp³-hybridized carbons (Fsp3) is 0.286. The number of nitrogens with zero attached hydrogens (tertiary/aromatic N) is 2. The molecule has 0 bridgehead atoms. The van der Waals surface area contributed by atoms with E-state index in [0.29, 0.717) is 5.39 Å². The van der Waals surface area contributed by atoms with Crippen LogP contribution in [0.1, 0.15) is 5.69 Å². The topological polar surface area (TPSA) is 87.6 Å². The van der Waals surface area contributed by atoms with Gasteiger partial charge in [0.1, 0.15) is 0 Å². The molecule has 1 aliphatic rings. The van der Waals surface area contributed by atoms with Crippen LogP contribution in [-0.4, -0.2) is 41.9 Å². The van der Waals surface area contributed by atoms with Gasteiger partial charge in [-0.25, -0.2) is 8.42 Å². The van der Waals surface area contributed by atoms with Crippen LogP contribution in [0, 0.1) is 12.8 Å². The Bertz CT molecular complexity index is 826. The Hall–Kier alpha value is -1.99. The number of rotatable bonds is 3. The van der Waals surface area contributed by atoms with Crippen LogP contribution >= 0.6 is 0 Å². The van der Waals surface area contributed by atoms with E-state index >= 15 is 0 Å². The summed E-state index contributed by atoms with van der Waals surface area (Å²) in [7, 11) is -3.67. The maximum Gasteiger partial charge on any atom is 0.309 e. The molecule has 6 nitrogen and oxygen atoms in total. The summed E-state index contributed by atoms with van der Waals surface area (Å²) < 4.78 is 26.4. The predicted octanol–water partition coefficient (Wildman–Crippen LogP) is 1.25. The fourth-order valence-electron chi connectivity index (χ4n) is 2.40. The van der Waals surface area contributed by atoms with E-state index in [9.17, 15) is 13.2 Å². The molecule has 0 amide bonds. The molecule has 0 unspecified atom stereocenters. The van der Waals surface area contributed by atoms with Gasteiger partial charge in [-0.3, -0.25) is 9.78 Å². The number of pyridine rings is 1. The van der Waals surface area contributed by atoms with Gasteiger partial charge in [0, 0.05) is 35.8 Å². The van der Waals surface area contributed by atoms with E-state index in [2.05, 4.69) is 4.98 Å². The summed E-state index contributed by atoms with van der Waals surface area (Å²) in [5, 5.41) is 10.2. The number of hydrogen-bond donors (Lipinski definition) is 1. The fourth-order valence-corrected chi connectivity index (χ4v) is 4.14. The zero-order valence-electron chi connectivity index (χ0n) is 11.4. The summed E-state index contributed by atoms with van der Waals surface area (Å²) in [6.07, 6.45) is 1.64. The first kappa shape index (κ1) is 14.0. The van der Waals surface area contributed by atoms with Gasteiger partial charge >= 0.3 is 5.97 Å². The number of aromatic nitrogens is 1. The molecule has 0 radical (unpaired) electrons. The molecule has 1 aliphatic heterocycles. The average Bonchev–Trinajstić information content (AvgIpc) is 2.35. The third-order valence-corrected chi connectivity index (χ3v) is 5.57. The molecule has 21 heavy (non-hydrogen) atoms. The van der Waals surface area contributed by atoms with E-state index in [0.717, 1.165) is 11.1 Å². The molecular formula is C14H14N2O4S. The molecule has 0 aliphatic carbocycles. The lowest BCUT2D eigenvalue weighted by atomic mass is 10.0. The Kier molecular flexibility index (Phi) is 3.18. The smallest absolute Gasteiger partial charge is 0.309 e. The lowest BCUT2D eigenvalue weighted by molar-refractivity contribution is -0.145. The number of sulfonamides is 1. The molecule has 1 N–H and O–H groups in total. The molecule has 2 aromatic rings. The molecule has 0 saturated carbocycles. The highest BCUT2D eigenvalue weighted by molar-refractivity contribution is 7.89. The highest BCUT2D eigenvalue weighted by atomic mass is 32.2. The number of fused-ring (bicyclic) bond motifs is 1. The predicted molar refractivity (Wildman–Crippen MR) is 76.4 cm³/mol. The Morgan fingerprint density at radius 1 is 1.38 bits per heavy atom. The lowest BCUT2D eigenvalue weighted by Crippen LogP contribution is -2.52. The largest absolute Gasteiger partial charge is 0.481 e.